The van der Waals surface area contributed by atoms with E-state index in [1.165, 1.54) is 33.4 Å². The summed E-state index contributed by atoms with van der Waals surface area (Å²) in [5.41, 5.74) is 11.6. The minimum atomic E-state index is 0.00838. The molecule has 0 spiro atoms. The van der Waals surface area contributed by atoms with Crippen LogP contribution >= 0.6 is 0 Å². The molecule has 0 aliphatic carbocycles. The van der Waals surface area contributed by atoms with Gasteiger partial charge >= 0.3 is 0 Å². The summed E-state index contributed by atoms with van der Waals surface area (Å²) in [6.07, 6.45) is 0. The first-order chi connectivity index (χ1) is 21.7. The van der Waals surface area contributed by atoms with Gasteiger partial charge in [-0.1, -0.05) is 121 Å². The zero-order valence-corrected chi connectivity index (χ0v) is 24.4. The molecule has 44 heavy (non-hydrogen) atoms. The van der Waals surface area contributed by atoms with E-state index >= 15 is 0 Å². The first kappa shape index (κ1) is 28.9. The Morgan fingerprint density at radius 3 is 0.591 bits per heavy atom. The molecule has 2 N–H and O–H groups in total. The topological polar surface area (TPSA) is 58.9 Å². The smallest absolute Gasteiger partial charge is 0.119 e. The first-order valence-electron chi connectivity index (χ1n) is 14.8. The molecule has 6 aromatic carbocycles. The van der Waals surface area contributed by atoms with E-state index in [1.54, 1.807) is 0 Å². The predicted molar refractivity (Wildman–Crippen MR) is 179 cm³/mol. The van der Waals surface area contributed by atoms with Crippen molar-refractivity contribution in [3.05, 3.63) is 146 Å². The van der Waals surface area contributed by atoms with Crippen molar-refractivity contribution in [1.29, 1.82) is 0 Å². The molecule has 0 radical (unpaired) electrons. The van der Waals surface area contributed by atoms with Crippen molar-refractivity contribution in [2.24, 2.45) is 0 Å². The van der Waals surface area contributed by atoms with Crippen LogP contribution < -0.4 is 9.47 Å². The Hall–Kier alpha value is -5.16. The predicted octanol–water partition coefficient (Wildman–Crippen LogP) is 8.76. The van der Waals surface area contributed by atoms with E-state index in [2.05, 4.69) is 97.1 Å². The van der Waals surface area contributed by atoms with Crippen LogP contribution in [0.4, 0.5) is 0 Å². The molecule has 0 heterocycles. The number of hydrogen-bond donors (Lipinski definition) is 2. The molecule has 0 saturated heterocycles. The van der Waals surface area contributed by atoms with Crippen molar-refractivity contribution in [2.45, 2.75) is 0 Å². The number of benzene rings is 6. The van der Waals surface area contributed by atoms with Crippen molar-refractivity contribution in [2.75, 3.05) is 26.4 Å². The van der Waals surface area contributed by atoms with E-state index in [-0.39, 0.29) is 13.2 Å². The highest BCUT2D eigenvalue weighted by molar-refractivity contribution is 5.76. The summed E-state index contributed by atoms with van der Waals surface area (Å²) in [5.74, 6) is 1.52. The quantitative estimate of drug-likeness (QED) is 0.161. The van der Waals surface area contributed by atoms with E-state index < -0.39 is 0 Å². The summed E-state index contributed by atoms with van der Waals surface area (Å²) in [5, 5.41) is 17.9. The lowest BCUT2D eigenvalue weighted by molar-refractivity contribution is 0.201. The monoisotopic (exact) mass is 578 g/mol. The fourth-order valence-corrected chi connectivity index (χ4v) is 5.23. The molecule has 4 nitrogen and oxygen atoms in total. The number of aliphatic hydroxyl groups excluding tert-OH is 2. The third-order valence-corrected chi connectivity index (χ3v) is 7.63. The number of aliphatic hydroxyl groups is 2. The van der Waals surface area contributed by atoms with Crippen LogP contribution in [0.3, 0.4) is 0 Å². The largest absolute Gasteiger partial charge is 0.491 e. The van der Waals surface area contributed by atoms with Gasteiger partial charge in [0.25, 0.3) is 0 Å². The summed E-state index contributed by atoms with van der Waals surface area (Å²) in [6.45, 7) is 0.618. The van der Waals surface area contributed by atoms with Gasteiger partial charge in [0.05, 0.1) is 13.2 Å². The summed E-state index contributed by atoms with van der Waals surface area (Å²) in [6, 6.07) is 50.5. The molecule has 218 valence electrons. The van der Waals surface area contributed by atoms with Gasteiger partial charge in [-0.25, -0.2) is 0 Å². The highest BCUT2D eigenvalue weighted by atomic mass is 16.5. The lowest BCUT2D eigenvalue weighted by Crippen LogP contribution is -2.01. The van der Waals surface area contributed by atoms with Gasteiger partial charge in [0.15, 0.2) is 0 Å². The van der Waals surface area contributed by atoms with Crippen molar-refractivity contribution in [3.8, 4) is 67.1 Å². The van der Waals surface area contributed by atoms with Crippen LogP contribution in [0.5, 0.6) is 11.5 Å². The molecule has 6 aromatic rings. The second kappa shape index (κ2) is 13.9. The molecular weight excluding hydrogens is 544 g/mol. The fraction of sp³-hybridized carbons (Fsp3) is 0.100. The SMILES string of the molecule is OCCOc1ccc(-c2ccc(-c3ccc(-c4ccc(-c5ccc(-c6ccc(OCCO)cc6)cc5)cc4)cc3)cc2)cc1. The van der Waals surface area contributed by atoms with Crippen molar-refractivity contribution < 1.29 is 19.7 Å². The van der Waals surface area contributed by atoms with E-state index in [0.717, 1.165) is 33.8 Å². The van der Waals surface area contributed by atoms with E-state index in [9.17, 15) is 0 Å². The summed E-state index contributed by atoms with van der Waals surface area (Å²) >= 11 is 0. The Bertz CT molecular complexity index is 1620. The normalized spacial score (nSPS) is 10.9. The Kier molecular flexibility index (Phi) is 9.12. The van der Waals surface area contributed by atoms with Crippen molar-refractivity contribution in [3.63, 3.8) is 0 Å². The highest BCUT2D eigenvalue weighted by Gasteiger charge is 2.05. The number of hydrogen-bond acceptors (Lipinski definition) is 4. The van der Waals surface area contributed by atoms with E-state index in [4.69, 9.17) is 19.7 Å². The van der Waals surface area contributed by atoms with Gasteiger partial charge in [-0.3, -0.25) is 0 Å². The Labute approximate surface area is 258 Å². The molecule has 0 bridgehead atoms. The van der Waals surface area contributed by atoms with Gasteiger partial charge in [-0.05, 0) is 79.9 Å². The van der Waals surface area contributed by atoms with Gasteiger partial charge in [0.2, 0.25) is 0 Å². The third-order valence-electron chi connectivity index (χ3n) is 7.63. The summed E-state index contributed by atoms with van der Waals surface area (Å²) in [7, 11) is 0. The van der Waals surface area contributed by atoms with Crippen LogP contribution in [0.25, 0.3) is 55.6 Å². The zero-order valence-electron chi connectivity index (χ0n) is 24.4. The number of rotatable bonds is 11. The fourth-order valence-electron chi connectivity index (χ4n) is 5.23. The maximum atomic E-state index is 8.93. The second-order valence-corrected chi connectivity index (χ2v) is 10.5. The van der Waals surface area contributed by atoms with Crippen LogP contribution in [0.1, 0.15) is 0 Å². The van der Waals surface area contributed by atoms with Crippen LogP contribution in [0, 0.1) is 0 Å². The molecule has 0 atom stereocenters. The van der Waals surface area contributed by atoms with Crippen LogP contribution in [0.2, 0.25) is 0 Å². The van der Waals surface area contributed by atoms with Gasteiger partial charge in [0, 0.05) is 0 Å². The summed E-state index contributed by atoms with van der Waals surface area (Å²) < 4.78 is 10.9. The first-order valence-corrected chi connectivity index (χ1v) is 14.8. The van der Waals surface area contributed by atoms with Crippen molar-refractivity contribution in [1.82, 2.24) is 0 Å². The van der Waals surface area contributed by atoms with Gasteiger partial charge in [0.1, 0.15) is 24.7 Å². The van der Waals surface area contributed by atoms with Gasteiger partial charge in [-0.15, -0.1) is 0 Å². The minimum Gasteiger partial charge on any atom is -0.491 e. The molecular formula is C40H34O4. The van der Waals surface area contributed by atoms with Crippen LogP contribution in [-0.4, -0.2) is 36.6 Å². The number of ether oxygens (including phenoxy) is 2. The minimum absolute atomic E-state index is 0.00838. The zero-order chi connectivity index (χ0) is 30.1. The Balaban J connectivity index is 1.09. The molecule has 6 rings (SSSR count). The average molecular weight is 579 g/mol. The molecule has 0 aliphatic heterocycles. The molecule has 0 saturated carbocycles. The lowest BCUT2D eigenvalue weighted by Gasteiger charge is -2.09. The second-order valence-electron chi connectivity index (χ2n) is 10.5. The Morgan fingerprint density at radius 2 is 0.432 bits per heavy atom. The maximum Gasteiger partial charge on any atom is 0.119 e. The average Bonchev–Trinajstić information content (AvgIpc) is 3.11. The third kappa shape index (κ3) is 6.90. The van der Waals surface area contributed by atoms with Crippen LogP contribution in [0.15, 0.2) is 146 Å². The molecule has 4 heteroatoms. The van der Waals surface area contributed by atoms with Crippen LogP contribution in [-0.2, 0) is 0 Å². The molecule has 0 fully saturated rings. The lowest BCUT2D eigenvalue weighted by atomic mass is 9.96. The molecule has 0 aliphatic rings. The van der Waals surface area contributed by atoms with Crippen molar-refractivity contribution >= 4 is 0 Å². The van der Waals surface area contributed by atoms with E-state index in [0.29, 0.717) is 13.2 Å². The standard InChI is InChI=1S/C40H34O4/c41-25-27-43-39-21-17-37(18-22-39)35-13-9-33(10-14-35)31-5-1-29(2-6-31)30-3-7-32(8-4-30)34-11-15-36(16-12-34)38-19-23-40(24-20-38)44-28-26-42/h1-24,41-42H,25-28H2. The summed E-state index contributed by atoms with van der Waals surface area (Å²) in [4.78, 5) is 0. The van der Waals surface area contributed by atoms with E-state index in [1.807, 2.05) is 48.5 Å². The highest BCUT2D eigenvalue weighted by Crippen LogP contribution is 2.31. The van der Waals surface area contributed by atoms with Gasteiger partial charge < -0.3 is 19.7 Å². The molecule has 0 amide bonds. The Morgan fingerprint density at radius 1 is 0.273 bits per heavy atom. The maximum absolute atomic E-state index is 8.93. The molecule has 0 unspecified atom stereocenters. The molecule has 0 aromatic heterocycles. The van der Waals surface area contributed by atoms with Gasteiger partial charge in [-0.2, -0.15) is 0 Å².